The van der Waals surface area contributed by atoms with Gasteiger partial charge in [-0.3, -0.25) is 9.69 Å². The summed E-state index contributed by atoms with van der Waals surface area (Å²) in [5.74, 6) is -2.99. The number of para-hydroxylation sites is 1. The number of hydrogen-bond acceptors (Lipinski definition) is 7. The molecule has 44 heavy (non-hydrogen) atoms. The highest BCUT2D eigenvalue weighted by molar-refractivity contribution is 6.12. The molecule has 1 N–H and O–H groups in total. The van der Waals surface area contributed by atoms with Crippen LogP contribution in [0, 0.1) is 17.6 Å². The zero-order valence-corrected chi connectivity index (χ0v) is 25.1. The Hall–Kier alpha value is -3.90. The number of hydrogen-bond donors (Lipinski definition) is 1. The van der Waals surface area contributed by atoms with Crippen molar-refractivity contribution in [2.24, 2.45) is 10.9 Å². The molecule has 2 fully saturated rings. The first-order valence-corrected chi connectivity index (χ1v) is 14.9. The molecule has 1 saturated carbocycles. The highest BCUT2D eigenvalue weighted by Gasteiger charge is 2.48. The van der Waals surface area contributed by atoms with Crippen LogP contribution >= 0.6 is 0 Å². The predicted octanol–water partition coefficient (Wildman–Crippen LogP) is 4.84. The number of aliphatic imine (C=N–C) groups is 1. The highest BCUT2D eigenvalue weighted by atomic mass is 19.2. The molecule has 12 heteroatoms. The van der Waals surface area contributed by atoms with E-state index in [-0.39, 0.29) is 23.9 Å². The van der Waals surface area contributed by atoms with Gasteiger partial charge in [-0.1, -0.05) is 24.3 Å². The van der Waals surface area contributed by atoms with Crippen LogP contribution in [-0.4, -0.2) is 86.7 Å². The first kappa shape index (κ1) is 31.5. The van der Waals surface area contributed by atoms with Crippen molar-refractivity contribution in [3.63, 3.8) is 0 Å². The van der Waals surface area contributed by atoms with E-state index in [1.807, 2.05) is 18.2 Å². The maximum absolute atomic E-state index is 14.4. The fourth-order valence-electron chi connectivity index (χ4n) is 6.85. The summed E-state index contributed by atoms with van der Waals surface area (Å²) in [6, 6.07) is 8.23. The van der Waals surface area contributed by atoms with E-state index < -0.39 is 41.6 Å². The molecule has 3 aliphatic rings. The van der Waals surface area contributed by atoms with E-state index in [4.69, 9.17) is 14.2 Å². The average Bonchev–Trinajstić information content (AvgIpc) is 3.50. The van der Waals surface area contributed by atoms with Crippen LogP contribution in [0.3, 0.4) is 0 Å². The van der Waals surface area contributed by atoms with Gasteiger partial charge in [0.1, 0.15) is 11.7 Å². The monoisotopic (exact) mass is 612 g/mol. The summed E-state index contributed by atoms with van der Waals surface area (Å²) in [5, 5.41) is 2.94. The number of rotatable bonds is 8. The first-order valence-electron chi connectivity index (χ1n) is 14.9. The van der Waals surface area contributed by atoms with Crippen molar-refractivity contribution in [2.45, 2.75) is 56.1 Å². The van der Waals surface area contributed by atoms with Gasteiger partial charge in [0.05, 0.1) is 32.6 Å². The van der Waals surface area contributed by atoms with Gasteiger partial charge in [0.2, 0.25) is 0 Å². The van der Waals surface area contributed by atoms with Crippen LogP contribution in [-0.2, 0) is 14.3 Å². The second-order valence-electron chi connectivity index (χ2n) is 11.5. The number of nitrogens with zero attached hydrogens (tertiary/aromatic N) is 3. The lowest BCUT2D eigenvalue weighted by atomic mass is 9.81. The lowest BCUT2D eigenvalue weighted by Gasteiger charge is -2.38. The number of urea groups is 2. The molecule has 3 atom stereocenters. The minimum Gasteiger partial charge on any atom is -0.496 e. The van der Waals surface area contributed by atoms with E-state index in [0.717, 1.165) is 62.1 Å². The van der Waals surface area contributed by atoms with E-state index in [0.29, 0.717) is 24.9 Å². The number of benzene rings is 2. The zero-order chi connectivity index (χ0) is 31.4. The van der Waals surface area contributed by atoms with Crippen LogP contribution in [0.25, 0.3) is 0 Å². The Morgan fingerprint density at radius 1 is 1.00 bits per heavy atom. The van der Waals surface area contributed by atoms with E-state index >= 15 is 0 Å². The van der Waals surface area contributed by atoms with Crippen molar-refractivity contribution in [3.8, 4) is 5.75 Å². The molecule has 2 aliphatic heterocycles. The van der Waals surface area contributed by atoms with Gasteiger partial charge in [-0.2, -0.15) is 4.99 Å². The summed E-state index contributed by atoms with van der Waals surface area (Å²) in [4.78, 5) is 47.1. The summed E-state index contributed by atoms with van der Waals surface area (Å²) in [7, 11) is 4.22. The zero-order valence-electron chi connectivity index (χ0n) is 25.1. The number of likely N-dealkylation sites (tertiary alicyclic amines) is 1. The SMILES string of the molecule is COCC1=NC(=O)N(C(=O)N[C@@H]2CCN(C3CCC(c4ccccc4OC)CC3)C2)[C@@H](c2ccc(F)c(F)c2)C1C(=O)OC. The minimum absolute atomic E-state index is 0.0268. The van der Waals surface area contributed by atoms with Gasteiger partial charge in [-0.15, -0.1) is 0 Å². The number of ether oxygens (including phenoxy) is 3. The molecular weight excluding hydrogens is 574 g/mol. The van der Waals surface area contributed by atoms with Gasteiger partial charge in [0, 0.05) is 32.3 Å². The number of halogens is 2. The van der Waals surface area contributed by atoms with Crippen LogP contribution < -0.4 is 10.1 Å². The molecule has 4 amide bonds. The molecular formula is C32H38F2N4O6. The second kappa shape index (κ2) is 13.8. The summed E-state index contributed by atoms with van der Waals surface area (Å²) < 4.78 is 43.9. The molecule has 0 spiro atoms. The Balaban J connectivity index is 1.29. The molecule has 0 bridgehead atoms. The fraction of sp³-hybridized carbons (Fsp3) is 0.500. The molecule has 1 aliphatic carbocycles. The molecule has 0 radical (unpaired) electrons. The van der Waals surface area contributed by atoms with Crippen molar-refractivity contribution >= 4 is 23.7 Å². The normalized spacial score (nSPS) is 25.8. The third-order valence-corrected chi connectivity index (χ3v) is 8.99. The van der Waals surface area contributed by atoms with Crippen LogP contribution in [0.5, 0.6) is 5.75 Å². The molecule has 2 heterocycles. The van der Waals surface area contributed by atoms with E-state index in [9.17, 15) is 23.2 Å². The maximum Gasteiger partial charge on any atom is 0.352 e. The summed E-state index contributed by atoms with van der Waals surface area (Å²) >= 11 is 0. The summed E-state index contributed by atoms with van der Waals surface area (Å²) in [6.07, 6.45) is 4.78. The Kier molecular flexibility index (Phi) is 9.90. The van der Waals surface area contributed by atoms with Gasteiger partial charge in [-0.05, 0) is 67.3 Å². The summed E-state index contributed by atoms with van der Waals surface area (Å²) in [6.45, 7) is 1.20. The van der Waals surface area contributed by atoms with Gasteiger partial charge in [0.25, 0.3) is 0 Å². The third kappa shape index (κ3) is 6.46. The Morgan fingerprint density at radius 3 is 2.43 bits per heavy atom. The molecule has 0 aromatic heterocycles. The fourth-order valence-corrected chi connectivity index (χ4v) is 6.85. The van der Waals surface area contributed by atoms with Crippen LogP contribution in [0.2, 0.25) is 0 Å². The number of amides is 4. The predicted molar refractivity (Wildman–Crippen MR) is 158 cm³/mol. The van der Waals surface area contributed by atoms with Crippen molar-refractivity contribution in [2.75, 3.05) is 41.0 Å². The first-order chi connectivity index (χ1) is 21.2. The molecule has 2 aromatic rings. The molecule has 10 nitrogen and oxygen atoms in total. The largest absolute Gasteiger partial charge is 0.496 e. The lowest BCUT2D eigenvalue weighted by Crippen LogP contribution is -2.55. The van der Waals surface area contributed by atoms with Gasteiger partial charge in [-0.25, -0.2) is 23.3 Å². The number of imide groups is 1. The standard InChI is InChI=1S/C32H38F2N4O6/c1-42-18-26-28(30(39)44-3)29(20-10-13-24(33)25(34)16-20)38(32(41)36-26)31(40)35-21-14-15-37(17-21)22-11-8-19(9-12-22)23-6-4-5-7-27(23)43-2/h4-7,10,13,16,19,21-22,28-29H,8-9,11-12,14-15,17-18H2,1-3H3,(H,35,40)/t19?,21-,22?,28?,29+/m1/s1. The number of carbonyl (C=O) groups is 3. The molecule has 1 saturated heterocycles. The van der Waals surface area contributed by atoms with Crippen molar-refractivity contribution < 1.29 is 37.4 Å². The Bertz CT molecular complexity index is 1410. The number of carbonyl (C=O) groups excluding carboxylic acids is 3. The maximum atomic E-state index is 14.4. The van der Waals surface area contributed by atoms with Crippen LogP contribution in [0.15, 0.2) is 47.5 Å². The van der Waals surface area contributed by atoms with Crippen molar-refractivity contribution in [1.82, 2.24) is 15.1 Å². The van der Waals surface area contributed by atoms with Crippen molar-refractivity contribution in [3.05, 3.63) is 65.2 Å². The average molecular weight is 613 g/mol. The Morgan fingerprint density at radius 2 is 1.75 bits per heavy atom. The molecule has 2 aromatic carbocycles. The topological polar surface area (TPSA) is 110 Å². The van der Waals surface area contributed by atoms with E-state index in [2.05, 4.69) is 21.3 Å². The number of methoxy groups -OCH3 is 3. The molecule has 236 valence electrons. The second-order valence-corrected chi connectivity index (χ2v) is 11.5. The minimum atomic E-state index is -1.32. The smallest absolute Gasteiger partial charge is 0.352 e. The van der Waals surface area contributed by atoms with Gasteiger partial charge < -0.3 is 19.5 Å². The number of esters is 1. The molecule has 1 unspecified atom stereocenters. The lowest BCUT2D eigenvalue weighted by molar-refractivity contribution is -0.144. The Labute approximate surface area is 255 Å². The van der Waals surface area contributed by atoms with Gasteiger partial charge >= 0.3 is 18.0 Å². The summed E-state index contributed by atoms with van der Waals surface area (Å²) in [5.41, 5.74) is 1.31. The van der Waals surface area contributed by atoms with E-state index in [1.54, 1.807) is 7.11 Å². The molecule has 5 rings (SSSR count). The van der Waals surface area contributed by atoms with E-state index in [1.165, 1.54) is 18.7 Å². The quantitative estimate of drug-likeness (QED) is 0.425. The van der Waals surface area contributed by atoms with Crippen LogP contribution in [0.4, 0.5) is 18.4 Å². The third-order valence-electron chi connectivity index (χ3n) is 8.99. The number of nitrogens with one attached hydrogen (secondary N) is 1. The highest BCUT2D eigenvalue weighted by Crippen LogP contribution is 2.40. The van der Waals surface area contributed by atoms with Crippen molar-refractivity contribution in [1.29, 1.82) is 0 Å². The van der Waals surface area contributed by atoms with Crippen LogP contribution in [0.1, 0.15) is 55.2 Å². The van der Waals surface area contributed by atoms with Gasteiger partial charge in [0.15, 0.2) is 11.6 Å².